The van der Waals surface area contributed by atoms with E-state index in [1.807, 2.05) is 61.5 Å². The van der Waals surface area contributed by atoms with Crippen LogP contribution in [0.2, 0.25) is 5.02 Å². The predicted molar refractivity (Wildman–Crippen MR) is 156 cm³/mol. The van der Waals surface area contributed by atoms with Crippen molar-refractivity contribution in [1.82, 2.24) is 9.80 Å². The first-order valence-electron chi connectivity index (χ1n) is 12.8. The number of esters is 1. The van der Waals surface area contributed by atoms with Crippen molar-refractivity contribution in [2.75, 3.05) is 32.1 Å². The minimum Gasteiger partial charge on any atom is -0.468 e. The van der Waals surface area contributed by atoms with Crippen LogP contribution in [0.3, 0.4) is 0 Å². The molecular formula is C30H31BrClN3O4. The summed E-state index contributed by atoms with van der Waals surface area (Å²) in [7, 11) is 1.39. The molecule has 0 unspecified atom stereocenters. The zero-order valence-corrected chi connectivity index (χ0v) is 24.3. The maximum atomic E-state index is 13.3. The lowest BCUT2D eigenvalue weighted by atomic mass is 9.73. The van der Waals surface area contributed by atoms with Crippen molar-refractivity contribution in [2.24, 2.45) is 0 Å². The van der Waals surface area contributed by atoms with Gasteiger partial charge in [0.05, 0.1) is 23.1 Å². The van der Waals surface area contributed by atoms with Gasteiger partial charge in [-0.2, -0.15) is 0 Å². The molecule has 3 amide bonds. The highest BCUT2D eigenvalue weighted by Gasteiger charge is 2.44. The largest absolute Gasteiger partial charge is 0.468 e. The number of carbonyl (C=O) groups excluding carboxylic acids is 3. The Morgan fingerprint density at radius 2 is 1.69 bits per heavy atom. The molecule has 1 fully saturated rings. The summed E-state index contributed by atoms with van der Waals surface area (Å²) in [6.45, 7) is 3.62. The Morgan fingerprint density at radius 3 is 2.31 bits per heavy atom. The molecule has 0 radical (unpaired) electrons. The van der Waals surface area contributed by atoms with Crippen LogP contribution in [0.1, 0.15) is 41.3 Å². The summed E-state index contributed by atoms with van der Waals surface area (Å²) in [6.07, 6.45) is 0.869. The molecule has 9 heteroatoms. The van der Waals surface area contributed by atoms with Crippen molar-refractivity contribution in [1.29, 1.82) is 0 Å². The molecule has 0 aliphatic carbocycles. The first-order chi connectivity index (χ1) is 18.8. The lowest BCUT2D eigenvalue weighted by molar-refractivity contribution is -0.149. The fourth-order valence-corrected chi connectivity index (χ4v) is 5.40. The Labute approximate surface area is 242 Å². The quantitative estimate of drug-likeness (QED) is 0.309. The average Bonchev–Trinajstić information content (AvgIpc) is 2.97. The number of likely N-dealkylation sites (tertiary alicyclic amines) is 1. The van der Waals surface area contributed by atoms with Gasteiger partial charge in [-0.05, 0) is 61.2 Å². The molecule has 7 nitrogen and oxygen atoms in total. The van der Waals surface area contributed by atoms with Crippen molar-refractivity contribution in [3.8, 4) is 0 Å². The molecule has 4 rings (SSSR count). The van der Waals surface area contributed by atoms with Gasteiger partial charge in [0.1, 0.15) is 0 Å². The molecule has 3 aromatic rings. The summed E-state index contributed by atoms with van der Waals surface area (Å²) in [5.41, 5.74) is 1.88. The van der Waals surface area contributed by atoms with E-state index < -0.39 is 5.41 Å². The van der Waals surface area contributed by atoms with Crippen LogP contribution in [0.15, 0.2) is 77.3 Å². The molecule has 1 aliphatic heterocycles. The van der Waals surface area contributed by atoms with Gasteiger partial charge in [-0.25, -0.2) is 4.79 Å². The topological polar surface area (TPSA) is 79.0 Å². The number of anilines is 1. The summed E-state index contributed by atoms with van der Waals surface area (Å²) in [6, 6.07) is 22.0. The predicted octanol–water partition coefficient (Wildman–Crippen LogP) is 6.50. The normalized spacial score (nSPS) is 14.4. The third-order valence-electron chi connectivity index (χ3n) is 7.21. The lowest BCUT2D eigenvalue weighted by Gasteiger charge is -2.40. The molecule has 204 valence electrons. The number of ether oxygens (including phenoxy) is 1. The molecule has 1 aliphatic rings. The number of hydrogen-bond acceptors (Lipinski definition) is 4. The van der Waals surface area contributed by atoms with Crippen LogP contribution in [0.4, 0.5) is 10.5 Å². The van der Waals surface area contributed by atoms with E-state index in [1.54, 1.807) is 28.0 Å². The number of rotatable bonds is 7. The standard InChI is InChI=1S/C30H31BrClN3O4/c1-3-34(20-21-7-5-4-6-8-21)27(36)25-19-24(13-14-26(25)32)33-29(38)35-17-15-30(16-18-35,28(37)39-2)22-9-11-23(31)12-10-22/h4-14,19H,3,15-18,20H2,1-2H3,(H,33,38). The van der Waals surface area contributed by atoms with Gasteiger partial charge in [0, 0.05) is 36.3 Å². The Bertz CT molecular complexity index is 1330. The molecule has 1 saturated heterocycles. The van der Waals surface area contributed by atoms with Crippen LogP contribution in [0, 0.1) is 0 Å². The molecular weight excluding hydrogens is 582 g/mol. The van der Waals surface area contributed by atoms with Crippen molar-refractivity contribution in [3.05, 3.63) is 99.0 Å². The number of hydrogen-bond donors (Lipinski definition) is 1. The smallest absolute Gasteiger partial charge is 0.321 e. The first kappa shape index (κ1) is 28.6. The van der Waals surface area contributed by atoms with Crippen LogP contribution < -0.4 is 5.32 Å². The van der Waals surface area contributed by atoms with Gasteiger partial charge >= 0.3 is 12.0 Å². The van der Waals surface area contributed by atoms with Crippen LogP contribution in [-0.4, -0.2) is 54.5 Å². The number of nitrogens with one attached hydrogen (secondary N) is 1. The molecule has 0 saturated carbocycles. The Kier molecular flexibility index (Phi) is 9.30. The number of amides is 3. The summed E-state index contributed by atoms with van der Waals surface area (Å²) >= 11 is 9.84. The van der Waals surface area contributed by atoms with Crippen LogP contribution in [0.5, 0.6) is 0 Å². The van der Waals surface area contributed by atoms with Gasteiger partial charge in [-0.15, -0.1) is 0 Å². The maximum absolute atomic E-state index is 13.3. The number of nitrogens with zero attached hydrogens (tertiary/aromatic N) is 2. The Hall–Kier alpha value is -3.36. The summed E-state index contributed by atoms with van der Waals surface area (Å²) in [5, 5.41) is 3.21. The van der Waals surface area contributed by atoms with Crippen LogP contribution in [0.25, 0.3) is 0 Å². The van der Waals surface area contributed by atoms with E-state index in [0.29, 0.717) is 55.3 Å². The minimum absolute atomic E-state index is 0.210. The second-order valence-electron chi connectivity index (χ2n) is 9.50. The molecule has 1 N–H and O–H groups in total. The zero-order chi connectivity index (χ0) is 28.0. The van der Waals surface area contributed by atoms with E-state index >= 15 is 0 Å². The highest BCUT2D eigenvalue weighted by molar-refractivity contribution is 9.10. The van der Waals surface area contributed by atoms with Gasteiger partial charge < -0.3 is 19.9 Å². The van der Waals surface area contributed by atoms with Gasteiger partial charge in [0.2, 0.25) is 0 Å². The highest BCUT2D eigenvalue weighted by atomic mass is 79.9. The van der Waals surface area contributed by atoms with E-state index in [1.165, 1.54) is 7.11 Å². The number of benzene rings is 3. The molecule has 0 atom stereocenters. The molecule has 0 spiro atoms. The number of methoxy groups -OCH3 is 1. The summed E-state index contributed by atoms with van der Waals surface area (Å²) in [4.78, 5) is 42.7. The van der Waals surface area contributed by atoms with Crippen molar-refractivity contribution < 1.29 is 19.1 Å². The monoisotopic (exact) mass is 611 g/mol. The fourth-order valence-electron chi connectivity index (χ4n) is 4.94. The van der Waals surface area contributed by atoms with Crippen LogP contribution in [-0.2, 0) is 21.5 Å². The molecule has 3 aromatic carbocycles. The van der Waals surface area contributed by atoms with Crippen molar-refractivity contribution in [3.63, 3.8) is 0 Å². The van der Waals surface area contributed by atoms with E-state index in [4.69, 9.17) is 16.3 Å². The zero-order valence-electron chi connectivity index (χ0n) is 22.0. The fraction of sp³-hybridized carbons (Fsp3) is 0.300. The Balaban J connectivity index is 1.45. The van der Waals surface area contributed by atoms with Gasteiger partial charge in [-0.1, -0.05) is 70.0 Å². The van der Waals surface area contributed by atoms with Crippen LogP contribution >= 0.6 is 27.5 Å². The summed E-state index contributed by atoms with van der Waals surface area (Å²) < 4.78 is 6.09. The Morgan fingerprint density at radius 1 is 1.03 bits per heavy atom. The SMILES string of the molecule is CCN(Cc1ccccc1)C(=O)c1cc(NC(=O)N2CCC(C(=O)OC)(c3ccc(Br)cc3)CC2)ccc1Cl. The molecule has 1 heterocycles. The first-order valence-corrected chi connectivity index (χ1v) is 14.0. The van der Waals surface area contributed by atoms with E-state index in [-0.39, 0.29) is 17.9 Å². The van der Waals surface area contributed by atoms with E-state index in [9.17, 15) is 14.4 Å². The van der Waals surface area contributed by atoms with Gasteiger partial charge in [0.15, 0.2) is 0 Å². The third-order valence-corrected chi connectivity index (χ3v) is 8.07. The number of halogens is 2. The molecule has 0 bridgehead atoms. The highest BCUT2D eigenvalue weighted by Crippen LogP contribution is 2.37. The molecule has 39 heavy (non-hydrogen) atoms. The number of urea groups is 1. The third kappa shape index (κ3) is 6.45. The second-order valence-corrected chi connectivity index (χ2v) is 10.8. The van der Waals surface area contributed by atoms with Gasteiger partial charge in [0.25, 0.3) is 5.91 Å². The number of piperidine rings is 1. The maximum Gasteiger partial charge on any atom is 0.321 e. The van der Waals surface area contributed by atoms with E-state index in [0.717, 1.165) is 15.6 Å². The lowest BCUT2D eigenvalue weighted by Crippen LogP contribution is -2.50. The van der Waals surface area contributed by atoms with Crippen molar-refractivity contribution in [2.45, 2.75) is 31.7 Å². The number of carbonyl (C=O) groups is 3. The molecule has 0 aromatic heterocycles. The van der Waals surface area contributed by atoms with Crippen molar-refractivity contribution >= 4 is 51.1 Å². The van der Waals surface area contributed by atoms with E-state index in [2.05, 4.69) is 21.2 Å². The summed E-state index contributed by atoms with van der Waals surface area (Å²) in [5.74, 6) is -0.514. The second kappa shape index (κ2) is 12.7. The van der Waals surface area contributed by atoms with Gasteiger partial charge in [-0.3, -0.25) is 9.59 Å². The minimum atomic E-state index is -0.811. The average molecular weight is 613 g/mol.